The number of fused-ring (bicyclic) bond motifs is 1. The van der Waals surface area contributed by atoms with Crippen LogP contribution in [0.5, 0.6) is 0 Å². The molecule has 0 radical (unpaired) electrons. The number of benzene rings is 1. The average molecular weight is 252 g/mol. The number of carbonyl (C=O) groups excluding carboxylic acids is 1. The summed E-state index contributed by atoms with van der Waals surface area (Å²) in [4.78, 5) is 11.0. The summed E-state index contributed by atoms with van der Waals surface area (Å²) in [7, 11) is 0. The van der Waals surface area contributed by atoms with Gasteiger partial charge in [-0.05, 0) is 25.5 Å². The molecule has 17 heavy (non-hydrogen) atoms. The van der Waals surface area contributed by atoms with E-state index in [4.69, 9.17) is 11.6 Å². The third-order valence-electron chi connectivity index (χ3n) is 2.79. The first-order valence-electron chi connectivity index (χ1n) is 5.53. The van der Waals surface area contributed by atoms with Crippen molar-refractivity contribution < 1.29 is 9.90 Å². The molecule has 0 aliphatic rings. The van der Waals surface area contributed by atoms with Crippen LogP contribution < -0.4 is 0 Å². The van der Waals surface area contributed by atoms with Crippen LogP contribution in [-0.2, 0) is 6.54 Å². The fourth-order valence-electron chi connectivity index (χ4n) is 1.90. The zero-order valence-corrected chi connectivity index (χ0v) is 10.3. The van der Waals surface area contributed by atoms with Crippen molar-refractivity contribution in [3.8, 4) is 0 Å². The monoisotopic (exact) mass is 251 g/mol. The summed E-state index contributed by atoms with van der Waals surface area (Å²) in [5.41, 5.74) is 1.59. The molecule has 1 unspecified atom stereocenters. The number of carbonyl (C=O) groups is 1. The number of hydrogen-bond donors (Lipinski definition) is 1. The molecule has 0 amide bonds. The van der Waals surface area contributed by atoms with Gasteiger partial charge in [0, 0.05) is 28.7 Å². The van der Waals surface area contributed by atoms with Crippen molar-refractivity contribution in [3.63, 3.8) is 0 Å². The smallest absolute Gasteiger partial charge is 0.152 e. The minimum absolute atomic E-state index is 0.355. The lowest BCUT2D eigenvalue weighted by molar-refractivity contribution is 0.112. The highest BCUT2D eigenvalue weighted by Crippen LogP contribution is 2.24. The SMILES string of the molecule is CC(O)CCn1cc(C=O)c2ccc(Cl)cc21. The lowest BCUT2D eigenvalue weighted by Gasteiger charge is -2.07. The Morgan fingerprint density at radius 1 is 1.53 bits per heavy atom. The van der Waals surface area contributed by atoms with Crippen LogP contribution >= 0.6 is 11.6 Å². The lowest BCUT2D eigenvalue weighted by Crippen LogP contribution is -2.05. The number of hydrogen-bond acceptors (Lipinski definition) is 2. The summed E-state index contributed by atoms with van der Waals surface area (Å²) in [6, 6.07) is 5.46. The normalized spacial score (nSPS) is 12.9. The third-order valence-corrected chi connectivity index (χ3v) is 3.02. The Labute approximate surface area is 105 Å². The van der Waals surface area contributed by atoms with E-state index >= 15 is 0 Å². The Balaban J connectivity index is 2.47. The second kappa shape index (κ2) is 4.90. The number of aliphatic hydroxyl groups is 1. The number of halogens is 1. The second-order valence-corrected chi connectivity index (χ2v) is 4.63. The molecule has 90 valence electrons. The van der Waals surface area contributed by atoms with Gasteiger partial charge in [-0.1, -0.05) is 17.7 Å². The van der Waals surface area contributed by atoms with Crippen LogP contribution in [0.4, 0.5) is 0 Å². The van der Waals surface area contributed by atoms with Gasteiger partial charge in [0.05, 0.1) is 11.6 Å². The number of aryl methyl sites for hydroxylation is 1. The van der Waals surface area contributed by atoms with Gasteiger partial charge in [-0.2, -0.15) is 0 Å². The zero-order valence-electron chi connectivity index (χ0n) is 9.56. The van der Waals surface area contributed by atoms with Crippen molar-refractivity contribution in [3.05, 3.63) is 35.0 Å². The van der Waals surface area contributed by atoms with Crippen molar-refractivity contribution in [2.24, 2.45) is 0 Å². The van der Waals surface area contributed by atoms with E-state index in [9.17, 15) is 9.90 Å². The fraction of sp³-hybridized carbons (Fsp3) is 0.308. The van der Waals surface area contributed by atoms with Crippen LogP contribution in [-0.4, -0.2) is 22.1 Å². The molecular formula is C13H14ClNO2. The van der Waals surface area contributed by atoms with E-state index in [1.54, 1.807) is 19.2 Å². The Bertz CT molecular complexity index is 546. The van der Waals surface area contributed by atoms with Gasteiger partial charge in [-0.3, -0.25) is 4.79 Å². The van der Waals surface area contributed by atoms with Crippen LogP contribution in [0.2, 0.25) is 5.02 Å². The van der Waals surface area contributed by atoms with E-state index < -0.39 is 0 Å². The van der Waals surface area contributed by atoms with E-state index in [-0.39, 0.29) is 6.10 Å². The average Bonchev–Trinajstić information content (AvgIpc) is 2.63. The molecule has 1 aromatic heterocycles. The quantitative estimate of drug-likeness (QED) is 0.849. The van der Waals surface area contributed by atoms with Crippen molar-refractivity contribution in [2.45, 2.75) is 26.0 Å². The summed E-state index contributed by atoms with van der Waals surface area (Å²) in [6.45, 7) is 2.42. The van der Waals surface area contributed by atoms with Crippen molar-refractivity contribution >= 4 is 28.8 Å². The van der Waals surface area contributed by atoms with E-state index in [0.29, 0.717) is 23.6 Å². The number of aldehydes is 1. The molecule has 0 aliphatic heterocycles. The molecule has 0 bridgehead atoms. The third kappa shape index (κ3) is 2.51. The van der Waals surface area contributed by atoms with E-state index in [1.807, 2.05) is 16.7 Å². The number of nitrogens with zero attached hydrogens (tertiary/aromatic N) is 1. The highest BCUT2D eigenvalue weighted by molar-refractivity contribution is 6.31. The summed E-state index contributed by atoms with van der Waals surface area (Å²) < 4.78 is 1.96. The first kappa shape index (κ1) is 12.1. The Morgan fingerprint density at radius 2 is 2.29 bits per heavy atom. The predicted octanol–water partition coefficient (Wildman–Crippen LogP) is 2.88. The Hall–Kier alpha value is -1.32. The van der Waals surface area contributed by atoms with Gasteiger partial charge >= 0.3 is 0 Å². The number of rotatable bonds is 4. The summed E-state index contributed by atoms with van der Waals surface area (Å²) in [5, 5.41) is 10.8. The van der Waals surface area contributed by atoms with E-state index in [0.717, 1.165) is 17.2 Å². The summed E-state index contributed by atoms with van der Waals surface area (Å²) in [6.07, 6.45) is 2.94. The largest absolute Gasteiger partial charge is 0.393 e. The van der Waals surface area contributed by atoms with Gasteiger partial charge in [0.1, 0.15) is 0 Å². The first-order chi connectivity index (χ1) is 8.11. The molecule has 0 fully saturated rings. The fourth-order valence-corrected chi connectivity index (χ4v) is 2.06. The first-order valence-corrected chi connectivity index (χ1v) is 5.91. The van der Waals surface area contributed by atoms with Crippen molar-refractivity contribution in [1.29, 1.82) is 0 Å². The van der Waals surface area contributed by atoms with Gasteiger partial charge in [-0.25, -0.2) is 0 Å². The lowest BCUT2D eigenvalue weighted by atomic mass is 10.2. The van der Waals surface area contributed by atoms with Gasteiger partial charge in [-0.15, -0.1) is 0 Å². The molecule has 4 heteroatoms. The molecule has 2 rings (SSSR count). The highest BCUT2D eigenvalue weighted by Gasteiger charge is 2.08. The van der Waals surface area contributed by atoms with Crippen LogP contribution in [0.25, 0.3) is 10.9 Å². The zero-order chi connectivity index (χ0) is 12.4. The molecule has 1 N–H and O–H groups in total. The minimum Gasteiger partial charge on any atom is -0.393 e. The molecule has 0 saturated carbocycles. The molecular weight excluding hydrogens is 238 g/mol. The van der Waals surface area contributed by atoms with E-state index in [1.165, 1.54) is 0 Å². The highest BCUT2D eigenvalue weighted by atomic mass is 35.5. The Morgan fingerprint density at radius 3 is 2.94 bits per heavy atom. The summed E-state index contributed by atoms with van der Waals surface area (Å²) >= 11 is 5.95. The maximum atomic E-state index is 11.0. The molecule has 3 nitrogen and oxygen atoms in total. The molecule has 0 spiro atoms. The topological polar surface area (TPSA) is 42.2 Å². The maximum absolute atomic E-state index is 11.0. The molecule has 2 aromatic rings. The van der Waals surface area contributed by atoms with Crippen LogP contribution in [0.1, 0.15) is 23.7 Å². The summed E-state index contributed by atoms with van der Waals surface area (Å²) in [5.74, 6) is 0. The van der Waals surface area contributed by atoms with Crippen molar-refractivity contribution in [1.82, 2.24) is 4.57 Å². The van der Waals surface area contributed by atoms with E-state index in [2.05, 4.69) is 0 Å². The standard InChI is InChI=1S/C13H14ClNO2/c1-9(17)4-5-15-7-10(8-16)12-3-2-11(14)6-13(12)15/h2-3,6-9,17H,4-5H2,1H3. The van der Waals surface area contributed by atoms with Crippen LogP contribution in [0, 0.1) is 0 Å². The molecule has 1 heterocycles. The minimum atomic E-state index is -0.355. The van der Waals surface area contributed by atoms with Crippen LogP contribution in [0.15, 0.2) is 24.4 Å². The molecule has 1 aromatic carbocycles. The molecule has 1 atom stereocenters. The van der Waals surface area contributed by atoms with Gasteiger partial charge in [0.25, 0.3) is 0 Å². The number of aromatic nitrogens is 1. The Kier molecular flexibility index (Phi) is 3.50. The van der Waals surface area contributed by atoms with Gasteiger partial charge in [0.2, 0.25) is 0 Å². The van der Waals surface area contributed by atoms with Crippen molar-refractivity contribution in [2.75, 3.05) is 0 Å². The molecule has 0 saturated heterocycles. The maximum Gasteiger partial charge on any atom is 0.152 e. The predicted molar refractivity (Wildman–Crippen MR) is 68.6 cm³/mol. The van der Waals surface area contributed by atoms with Gasteiger partial charge < -0.3 is 9.67 Å². The second-order valence-electron chi connectivity index (χ2n) is 4.19. The molecule has 0 aliphatic carbocycles. The van der Waals surface area contributed by atoms with Gasteiger partial charge in [0.15, 0.2) is 6.29 Å². The number of aliphatic hydroxyl groups excluding tert-OH is 1. The van der Waals surface area contributed by atoms with Crippen LogP contribution in [0.3, 0.4) is 0 Å².